The summed E-state index contributed by atoms with van der Waals surface area (Å²) in [4.78, 5) is 3.95. The van der Waals surface area contributed by atoms with E-state index in [1.165, 1.54) is 5.56 Å². The Morgan fingerprint density at radius 3 is 2.43 bits per heavy atom. The molecule has 0 amide bonds. The number of hydrogen-bond acceptors (Lipinski definition) is 1. The van der Waals surface area contributed by atoms with Gasteiger partial charge in [-0.25, -0.2) is 0 Å². The third kappa shape index (κ3) is 2.26. The second kappa shape index (κ2) is 4.33. The molecule has 0 unspecified atom stereocenters. The molecule has 0 aliphatic rings. The third-order valence-electron chi connectivity index (χ3n) is 1.89. The van der Waals surface area contributed by atoms with Gasteiger partial charge in [0.05, 0.1) is 12.4 Å². The van der Waals surface area contributed by atoms with E-state index in [0.29, 0.717) is 0 Å². The highest BCUT2D eigenvalue weighted by Crippen LogP contribution is 1.99. The van der Waals surface area contributed by atoms with Gasteiger partial charge in [-0.2, -0.15) is 4.57 Å². The van der Waals surface area contributed by atoms with Crippen LogP contribution in [0.3, 0.4) is 0 Å². The second-order valence-corrected chi connectivity index (χ2v) is 2.92. The van der Waals surface area contributed by atoms with Gasteiger partial charge >= 0.3 is 0 Å². The molecule has 0 N–H and O–H groups in total. The van der Waals surface area contributed by atoms with E-state index in [0.717, 1.165) is 0 Å². The fourth-order valence-corrected chi connectivity index (χ4v) is 1.17. The molecule has 0 bridgehead atoms. The zero-order valence-electron chi connectivity index (χ0n) is 7.75. The van der Waals surface area contributed by atoms with Gasteiger partial charge in [-0.3, -0.25) is 4.98 Å². The number of aromatic nitrogens is 2. The van der Waals surface area contributed by atoms with Crippen molar-refractivity contribution in [3.63, 3.8) is 0 Å². The molecule has 68 valence electrons. The SMILES string of the molecule is C(=C[n+]1ccncc1)c1ccccc1. The summed E-state index contributed by atoms with van der Waals surface area (Å²) >= 11 is 0. The molecule has 1 aromatic heterocycles. The maximum absolute atomic E-state index is 3.95. The summed E-state index contributed by atoms with van der Waals surface area (Å²) in [5, 5.41) is 0. The lowest BCUT2D eigenvalue weighted by Gasteiger charge is -1.88. The average Bonchev–Trinajstić information content (AvgIpc) is 2.29. The molecule has 0 saturated heterocycles. The van der Waals surface area contributed by atoms with Crippen molar-refractivity contribution in [1.82, 2.24) is 4.98 Å². The van der Waals surface area contributed by atoms with Crippen molar-refractivity contribution in [2.75, 3.05) is 0 Å². The van der Waals surface area contributed by atoms with Gasteiger partial charge in [0.2, 0.25) is 0 Å². The van der Waals surface area contributed by atoms with E-state index in [9.17, 15) is 0 Å². The summed E-state index contributed by atoms with van der Waals surface area (Å²) in [7, 11) is 0. The van der Waals surface area contributed by atoms with Crippen LogP contribution < -0.4 is 4.57 Å². The van der Waals surface area contributed by atoms with Crippen LogP contribution in [0.5, 0.6) is 0 Å². The van der Waals surface area contributed by atoms with Crippen molar-refractivity contribution < 1.29 is 4.57 Å². The number of rotatable bonds is 2. The summed E-state index contributed by atoms with van der Waals surface area (Å²) in [6, 6.07) is 10.2. The van der Waals surface area contributed by atoms with Crippen LogP contribution in [-0.2, 0) is 0 Å². The molecule has 0 fully saturated rings. The minimum atomic E-state index is 1.19. The van der Waals surface area contributed by atoms with E-state index < -0.39 is 0 Å². The van der Waals surface area contributed by atoms with E-state index in [1.54, 1.807) is 12.4 Å². The molecule has 0 aliphatic heterocycles. The standard InChI is InChI=1S/C12H11N2/c1-2-4-12(5-3-1)6-9-14-10-7-13-8-11-14/h1-11H/q+1. The third-order valence-corrected chi connectivity index (χ3v) is 1.89. The second-order valence-electron chi connectivity index (χ2n) is 2.92. The zero-order valence-corrected chi connectivity index (χ0v) is 7.75. The van der Waals surface area contributed by atoms with E-state index in [4.69, 9.17) is 0 Å². The summed E-state index contributed by atoms with van der Waals surface area (Å²) in [5.41, 5.74) is 1.19. The summed E-state index contributed by atoms with van der Waals surface area (Å²) in [6.07, 6.45) is 11.4. The molecular formula is C12H11N2+. The first kappa shape index (κ1) is 8.63. The van der Waals surface area contributed by atoms with E-state index in [2.05, 4.69) is 23.2 Å². The highest BCUT2D eigenvalue weighted by Gasteiger charge is 1.90. The van der Waals surface area contributed by atoms with E-state index >= 15 is 0 Å². The number of hydrogen-bond donors (Lipinski definition) is 0. The summed E-state index contributed by atoms with van der Waals surface area (Å²) < 4.78 is 1.96. The van der Waals surface area contributed by atoms with Crippen LogP contribution in [0.15, 0.2) is 55.1 Å². The van der Waals surface area contributed by atoms with Crippen LogP contribution in [0.1, 0.15) is 5.56 Å². The molecule has 0 atom stereocenters. The molecule has 1 aromatic carbocycles. The molecule has 2 heteroatoms. The number of benzene rings is 1. The first-order valence-corrected chi connectivity index (χ1v) is 4.49. The molecule has 1 heterocycles. The van der Waals surface area contributed by atoms with Crippen molar-refractivity contribution in [1.29, 1.82) is 0 Å². The largest absolute Gasteiger partial charge is 0.252 e. The highest BCUT2D eigenvalue weighted by molar-refractivity contribution is 5.56. The lowest BCUT2D eigenvalue weighted by Crippen LogP contribution is -2.23. The van der Waals surface area contributed by atoms with Crippen molar-refractivity contribution >= 4 is 12.3 Å². The van der Waals surface area contributed by atoms with Crippen LogP contribution in [0.25, 0.3) is 12.3 Å². The van der Waals surface area contributed by atoms with Gasteiger partial charge in [0.25, 0.3) is 0 Å². The monoisotopic (exact) mass is 183 g/mol. The normalized spacial score (nSPS) is 10.6. The van der Waals surface area contributed by atoms with Crippen LogP contribution >= 0.6 is 0 Å². The highest BCUT2D eigenvalue weighted by atomic mass is 14.9. The smallest absolute Gasteiger partial charge is 0.192 e. The first-order chi connectivity index (χ1) is 6.95. The van der Waals surface area contributed by atoms with E-state index in [-0.39, 0.29) is 0 Å². The molecule has 2 nitrogen and oxygen atoms in total. The predicted molar refractivity (Wildman–Crippen MR) is 56.1 cm³/mol. The Labute approximate surface area is 83.2 Å². The van der Waals surface area contributed by atoms with Crippen LogP contribution in [0.2, 0.25) is 0 Å². The first-order valence-electron chi connectivity index (χ1n) is 4.49. The van der Waals surface area contributed by atoms with Crippen molar-refractivity contribution in [2.45, 2.75) is 0 Å². The van der Waals surface area contributed by atoms with Gasteiger partial charge in [0, 0.05) is 6.08 Å². The van der Waals surface area contributed by atoms with Gasteiger partial charge in [-0.1, -0.05) is 30.3 Å². The Hall–Kier alpha value is -1.96. The molecule has 0 spiro atoms. The molecule has 2 aromatic rings. The van der Waals surface area contributed by atoms with Crippen molar-refractivity contribution in [3.8, 4) is 0 Å². The summed E-state index contributed by atoms with van der Waals surface area (Å²) in [6.45, 7) is 0. The Morgan fingerprint density at radius 1 is 1.00 bits per heavy atom. The average molecular weight is 183 g/mol. The molecule has 0 radical (unpaired) electrons. The maximum atomic E-state index is 3.95. The Kier molecular flexibility index (Phi) is 2.67. The Balaban J connectivity index is 2.16. The minimum absolute atomic E-state index is 1.19. The van der Waals surface area contributed by atoms with Crippen molar-refractivity contribution in [3.05, 3.63) is 60.7 Å². The topological polar surface area (TPSA) is 16.8 Å². The summed E-state index contributed by atoms with van der Waals surface area (Å²) in [5.74, 6) is 0. The molecule has 0 saturated carbocycles. The van der Waals surface area contributed by atoms with Gasteiger partial charge in [0.15, 0.2) is 18.6 Å². The fraction of sp³-hybridized carbons (Fsp3) is 0. The lowest BCUT2D eigenvalue weighted by molar-refractivity contribution is -0.568. The molecule has 2 rings (SSSR count). The van der Waals surface area contributed by atoms with Crippen molar-refractivity contribution in [2.24, 2.45) is 0 Å². The predicted octanol–water partition coefficient (Wildman–Crippen LogP) is 2.00. The maximum Gasteiger partial charge on any atom is 0.192 e. The van der Waals surface area contributed by atoms with Gasteiger partial charge in [0.1, 0.15) is 0 Å². The van der Waals surface area contributed by atoms with Crippen LogP contribution in [0, 0.1) is 0 Å². The quantitative estimate of drug-likeness (QED) is 0.651. The van der Waals surface area contributed by atoms with Gasteiger partial charge < -0.3 is 0 Å². The Bertz CT molecular complexity index is 365. The molecule has 0 aliphatic carbocycles. The van der Waals surface area contributed by atoms with Gasteiger partial charge in [-0.05, 0) is 5.56 Å². The van der Waals surface area contributed by atoms with Gasteiger partial charge in [-0.15, -0.1) is 0 Å². The molecular weight excluding hydrogens is 172 g/mol. The minimum Gasteiger partial charge on any atom is -0.252 e. The van der Waals surface area contributed by atoms with Crippen LogP contribution in [0.4, 0.5) is 0 Å². The van der Waals surface area contributed by atoms with E-state index in [1.807, 2.05) is 41.4 Å². The molecule has 14 heavy (non-hydrogen) atoms. The number of nitrogens with zero attached hydrogens (tertiary/aromatic N) is 2. The zero-order chi connectivity index (χ0) is 9.64. The van der Waals surface area contributed by atoms with Crippen LogP contribution in [-0.4, -0.2) is 4.98 Å². The fourth-order valence-electron chi connectivity index (χ4n) is 1.17. The lowest BCUT2D eigenvalue weighted by atomic mass is 10.2. The Morgan fingerprint density at radius 2 is 1.71 bits per heavy atom.